The molecule has 0 aliphatic carbocycles. The van der Waals surface area contributed by atoms with Crippen LogP contribution < -0.4 is 5.32 Å². The van der Waals surface area contributed by atoms with Crippen molar-refractivity contribution in [2.45, 2.75) is 38.7 Å². The van der Waals surface area contributed by atoms with Gasteiger partial charge < -0.3 is 10.1 Å². The van der Waals surface area contributed by atoms with E-state index < -0.39 is 23.7 Å². The first kappa shape index (κ1) is 18.3. The number of amides is 1. The van der Waals surface area contributed by atoms with Crippen molar-refractivity contribution in [3.63, 3.8) is 0 Å². The third kappa shape index (κ3) is 3.24. The lowest BCUT2D eigenvalue weighted by molar-refractivity contribution is -0.251. The summed E-state index contributed by atoms with van der Waals surface area (Å²) in [5.74, 6) is -2.48. The summed E-state index contributed by atoms with van der Waals surface area (Å²) in [5, 5.41) is 1.81. The molecule has 1 aromatic rings. The summed E-state index contributed by atoms with van der Waals surface area (Å²) < 4.78 is 46.4. The normalized spacial score (nSPS) is 17.5. The van der Waals surface area contributed by atoms with E-state index in [2.05, 4.69) is 4.74 Å². The van der Waals surface area contributed by atoms with E-state index >= 15 is 0 Å². The van der Waals surface area contributed by atoms with E-state index in [1.807, 2.05) is 12.1 Å². The Morgan fingerprint density at radius 3 is 2.42 bits per heavy atom. The quantitative estimate of drug-likeness (QED) is 0.849. The lowest BCUT2D eigenvalue weighted by Gasteiger charge is -2.44. The highest BCUT2D eigenvalue weighted by Gasteiger charge is 2.66. The molecule has 2 rings (SSSR count). The van der Waals surface area contributed by atoms with E-state index in [1.165, 1.54) is 6.92 Å². The van der Waals surface area contributed by atoms with Gasteiger partial charge >= 0.3 is 12.1 Å². The molecule has 0 saturated carbocycles. The minimum Gasteiger partial charge on any atom is -0.463 e. The predicted octanol–water partition coefficient (Wildman–Crippen LogP) is 2.00. The third-order valence-electron chi connectivity index (χ3n) is 3.94. The summed E-state index contributed by atoms with van der Waals surface area (Å²) >= 11 is 0. The van der Waals surface area contributed by atoms with Gasteiger partial charge in [0, 0.05) is 20.0 Å². The van der Waals surface area contributed by atoms with Crippen LogP contribution >= 0.6 is 0 Å². The highest BCUT2D eigenvalue weighted by Crippen LogP contribution is 2.37. The van der Waals surface area contributed by atoms with Crippen molar-refractivity contribution in [2.75, 3.05) is 13.2 Å². The average molecular weight is 344 g/mol. The van der Waals surface area contributed by atoms with Crippen LogP contribution in [-0.4, -0.2) is 41.8 Å². The Morgan fingerprint density at radius 2 is 1.88 bits per heavy atom. The molecule has 0 radical (unpaired) electrons. The van der Waals surface area contributed by atoms with Gasteiger partial charge in [-0.1, -0.05) is 24.3 Å². The van der Waals surface area contributed by atoms with Crippen molar-refractivity contribution >= 4 is 11.9 Å². The standard InChI is InChI=1S/C16H19F3N2O3/c1-3-24-14(23)15(16(17,18)19,20-11(2)22)21-9-8-12-6-4-5-7-13(12)10-21/h4-7H,3,8-10H2,1-2H3,(H,20,22)/t15-/m0/s1. The van der Waals surface area contributed by atoms with Crippen LogP contribution in [0.3, 0.4) is 0 Å². The number of alkyl halides is 3. The number of hydrogen-bond acceptors (Lipinski definition) is 4. The Labute approximate surface area is 137 Å². The maximum absolute atomic E-state index is 13.9. The van der Waals surface area contributed by atoms with Crippen molar-refractivity contribution in [1.82, 2.24) is 10.2 Å². The van der Waals surface area contributed by atoms with Crippen molar-refractivity contribution in [3.8, 4) is 0 Å². The van der Waals surface area contributed by atoms with E-state index in [0.29, 0.717) is 12.0 Å². The molecule has 0 aromatic heterocycles. The minimum absolute atomic E-state index is 0.0321. The van der Waals surface area contributed by atoms with Gasteiger partial charge in [-0.25, -0.2) is 4.79 Å². The van der Waals surface area contributed by atoms with Crippen LogP contribution in [0.5, 0.6) is 0 Å². The van der Waals surface area contributed by atoms with E-state index in [-0.39, 0.29) is 19.7 Å². The first-order valence-electron chi connectivity index (χ1n) is 7.57. The number of halogens is 3. The number of rotatable bonds is 4. The number of carbonyl (C=O) groups is 2. The highest BCUT2D eigenvalue weighted by atomic mass is 19.4. The maximum Gasteiger partial charge on any atom is 0.436 e. The molecular formula is C16H19F3N2O3. The molecule has 5 nitrogen and oxygen atoms in total. The molecule has 1 aliphatic rings. The monoisotopic (exact) mass is 344 g/mol. The number of benzene rings is 1. The molecule has 8 heteroatoms. The summed E-state index contributed by atoms with van der Waals surface area (Å²) in [5.41, 5.74) is -1.58. The SMILES string of the molecule is CCOC(=O)[C@](NC(C)=O)(N1CCc2ccccc2C1)C(F)(F)F. The smallest absolute Gasteiger partial charge is 0.436 e. The summed E-state index contributed by atoms with van der Waals surface area (Å²) in [7, 11) is 0. The minimum atomic E-state index is -5.03. The molecule has 0 bridgehead atoms. The highest BCUT2D eigenvalue weighted by molar-refractivity contribution is 5.87. The Balaban J connectivity index is 2.49. The number of nitrogens with one attached hydrogen (secondary N) is 1. The number of ether oxygens (including phenoxy) is 1. The van der Waals surface area contributed by atoms with E-state index in [4.69, 9.17) is 0 Å². The fourth-order valence-electron chi connectivity index (χ4n) is 2.90. The molecule has 0 spiro atoms. The Morgan fingerprint density at radius 1 is 1.25 bits per heavy atom. The van der Waals surface area contributed by atoms with Crippen molar-refractivity contribution in [3.05, 3.63) is 35.4 Å². The second-order valence-electron chi connectivity index (χ2n) is 5.55. The number of esters is 1. The molecular weight excluding hydrogens is 325 g/mol. The van der Waals surface area contributed by atoms with E-state index in [0.717, 1.165) is 17.4 Å². The molecule has 132 valence electrons. The number of carbonyl (C=O) groups excluding carboxylic acids is 2. The fourth-order valence-corrected chi connectivity index (χ4v) is 2.90. The lowest BCUT2D eigenvalue weighted by Crippen LogP contribution is -2.73. The topological polar surface area (TPSA) is 58.6 Å². The second kappa shape index (κ2) is 6.80. The molecule has 24 heavy (non-hydrogen) atoms. The van der Waals surface area contributed by atoms with Gasteiger partial charge in [-0.05, 0) is 24.5 Å². The molecule has 1 heterocycles. The molecule has 1 aromatic carbocycles. The molecule has 1 aliphatic heterocycles. The van der Waals surface area contributed by atoms with Crippen LogP contribution in [0.25, 0.3) is 0 Å². The van der Waals surface area contributed by atoms with Crippen LogP contribution in [0, 0.1) is 0 Å². The summed E-state index contributed by atoms with van der Waals surface area (Å²) in [4.78, 5) is 24.6. The summed E-state index contributed by atoms with van der Waals surface area (Å²) in [6, 6.07) is 7.08. The molecule has 0 unspecified atom stereocenters. The van der Waals surface area contributed by atoms with Crippen LogP contribution in [0.4, 0.5) is 13.2 Å². The first-order chi connectivity index (χ1) is 11.2. The van der Waals surface area contributed by atoms with Crippen molar-refractivity contribution in [2.24, 2.45) is 0 Å². The maximum atomic E-state index is 13.9. The lowest BCUT2D eigenvalue weighted by atomic mass is 9.96. The predicted molar refractivity (Wildman–Crippen MR) is 79.8 cm³/mol. The molecule has 0 fully saturated rings. The Bertz CT molecular complexity index is 633. The van der Waals surface area contributed by atoms with Gasteiger partial charge in [0.1, 0.15) is 0 Å². The molecule has 1 atom stereocenters. The van der Waals surface area contributed by atoms with Crippen LogP contribution in [-0.2, 0) is 27.3 Å². The van der Waals surface area contributed by atoms with Gasteiger partial charge in [0.15, 0.2) is 0 Å². The van der Waals surface area contributed by atoms with Gasteiger partial charge in [0.25, 0.3) is 5.66 Å². The van der Waals surface area contributed by atoms with Gasteiger partial charge in [-0.3, -0.25) is 9.69 Å². The molecule has 1 amide bonds. The van der Waals surface area contributed by atoms with E-state index in [9.17, 15) is 22.8 Å². The average Bonchev–Trinajstić information content (AvgIpc) is 2.51. The van der Waals surface area contributed by atoms with Crippen molar-refractivity contribution in [1.29, 1.82) is 0 Å². The Kier molecular flexibility index (Phi) is 5.17. The Hall–Kier alpha value is -2.09. The third-order valence-corrected chi connectivity index (χ3v) is 3.94. The van der Waals surface area contributed by atoms with E-state index in [1.54, 1.807) is 17.4 Å². The summed E-state index contributed by atoms with van der Waals surface area (Å²) in [6.45, 7) is 1.99. The molecule has 1 N–H and O–H groups in total. The summed E-state index contributed by atoms with van der Waals surface area (Å²) in [6.07, 6.45) is -4.69. The van der Waals surface area contributed by atoms with Gasteiger partial charge in [0.2, 0.25) is 5.91 Å². The zero-order valence-corrected chi connectivity index (χ0v) is 13.4. The fraction of sp³-hybridized carbons (Fsp3) is 0.500. The van der Waals surface area contributed by atoms with Crippen LogP contribution in [0.2, 0.25) is 0 Å². The number of nitrogens with zero attached hydrogens (tertiary/aromatic N) is 1. The first-order valence-corrected chi connectivity index (χ1v) is 7.57. The number of hydrogen-bond donors (Lipinski definition) is 1. The zero-order chi connectivity index (χ0) is 18.0. The zero-order valence-electron chi connectivity index (χ0n) is 13.4. The second-order valence-corrected chi connectivity index (χ2v) is 5.55. The number of fused-ring (bicyclic) bond motifs is 1. The van der Waals surface area contributed by atoms with Crippen LogP contribution in [0.1, 0.15) is 25.0 Å². The largest absolute Gasteiger partial charge is 0.463 e. The van der Waals surface area contributed by atoms with Gasteiger partial charge in [-0.2, -0.15) is 13.2 Å². The van der Waals surface area contributed by atoms with Crippen molar-refractivity contribution < 1.29 is 27.5 Å². The van der Waals surface area contributed by atoms with Crippen LogP contribution in [0.15, 0.2) is 24.3 Å². The van der Waals surface area contributed by atoms with Gasteiger partial charge in [-0.15, -0.1) is 0 Å². The van der Waals surface area contributed by atoms with Gasteiger partial charge in [0.05, 0.1) is 6.61 Å². The molecule has 0 saturated heterocycles.